The standard InChI is InChI=1S/C8H16F3NS/c1-12(7-8(9,10)11)5-3-2-4-6-13/h13H,2-7H2,1H3. The molecule has 0 saturated carbocycles. The number of unbranched alkanes of at least 4 members (excludes halogenated alkanes) is 2. The van der Waals surface area contributed by atoms with Crippen LogP contribution in [0.15, 0.2) is 0 Å². The molecule has 0 aliphatic carbocycles. The van der Waals surface area contributed by atoms with E-state index < -0.39 is 12.7 Å². The van der Waals surface area contributed by atoms with Crippen LogP contribution in [0.25, 0.3) is 0 Å². The SMILES string of the molecule is CN(CCCCCS)CC(F)(F)F. The molecule has 0 unspecified atom stereocenters. The highest BCUT2D eigenvalue weighted by Gasteiger charge is 2.28. The molecule has 0 bridgehead atoms. The first-order valence-electron chi connectivity index (χ1n) is 4.32. The third kappa shape index (κ3) is 10.0. The van der Waals surface area contributed by atoms with Crippen LogP contribution in [-0.2, 0) is 0 Å². The molecular weight excluding hydrogens is 199 g/mol. The summed E-state index contributed by atoms with van der Waals surface area (Å²) < 4.78 is 35.5. The van der Waals surface area contributed by atoms with Gasteiger partial charge in [-0.3, -0.25) is 4.90 Å². The quantitative estimate of drug-likeness (QED) is 0.526. The molecule has 0 radical (unpaired) electrons. The first-order valence-corrected chi connectivity index (χ1v) is 4.95. The zero-order valence-electron chi connectivity index (χ0n) is 7.77. The Morgan fingerprint density at radius 2 is 1.77 bits per heavy atom. The number of thiol groups is 1. The minimum atomic E-state index is -4.07. The van der Waals surface area contributed by atoms with Gasteiger partial charge < -0.3 is 0 Å². The van der Waals surface area contributed by atoms with Crippen LogP contribution in [0, 0.1) is 0 Å². The molecule has 0 fully saturated rings. The molecule has 0 N–H and O–H groups in total. The van der Waals surface area contributed by atoms with Crippen molar-refractivity contribution in [2.24, 2.45) is 0 Å². The fraction of sp³-hybridized carbons (Fsp3) is 1.00. The minimum Gasteiger partial charge on any atom is -0.298 e. The van der Waals surface area contributed by atoms with E-state index in [1.807, 2.05) is 0 Å². The van der Waals surface area contributed by atoms with Gasteiger partial charge in [0.05, 0.1) is 6.54 Å². The molecule has 80 valence electrons. The van der Waals surface area contributed by atoms with Crippen molar-refractivity contribution in [1.82, 2.24) is 4.90 Å². The van der Waals surface area contributed by atoms with Gasteiger partial charge in [-0.25, -0.2) is 0 Å². The smallest absolute Gasteiger partial charge is 0.298 e. The number of halogens is 3. The number of hydrogen-bond donors (Lipinski definition) is 1. The predicted octanol–water partition coefficient (Wildman–Crippen LogP) is 2.58. The van der Waals surface area contributed by atoms with Crippen molar-refractivity contribution in [3.05, 3.63) is 0 Å². The van der Waals surface area contributed by atoms with E-state index in [2.05, 4.69) is 12.6 Å². The lowest BCUT2D eigenvalue weighted by Crippen LogP contribution is -2.31. The van der Waals surface area contributed by atoms with E-state index in [1.54, 1.807) is 0 Å². The molecule has 1 nitrogen and oxygen atoms in total. The van der Waals surface area contributed by atoms with Crippen molar-refractivity contribution in [2.45, 2.75) is 25.4 Å². The second kappa shape index (κ2) is 6.54. The number of alkyl halides is 3. The average molecular weight is 215 g/mol. The molecule has 0 aliphatic heterocycles. The lowest BCUT2D eigenvalue weighted by Gasteiger charge is -2.17. The second-order valence-corrected chi connectivity index (χ2v) is 3.58. The third-order valence-corrected chi connectivity index (χ3v) is 1.96. The van der Waals surface area contributed by atoms with Crippen molar-refractivity contribution in [3.8, 4) is 0 Å². The molecule has 0 aromatic rings. The normalized spacial score (nSPS) is 12.5. The van der Waals surface area contributed by atoms with Crippen LogP contribution < -0.4 is 0 Å². The van der Waals surface area contributed by atoms with E-state index in [0.29, 0.717) is 6.54 Å². The van der Waals surface area contributed by atoms with Gasteiger partial charge in [-0.1, -0.05) is 6.42 Å². The van der Waals surface area contributed by atoms with Gasteiger partial charge in [-0.2, -0.15) is 25.8 Å². The molecule has 0 rings (SSSR count). The van der Waals surface area contributed by atoms with Gasteiger partial charge in [0, 0.05) is 0 Å². The molecule has 13 heavy (non-hydrogen) atoms. The minimum absolute atomic E-state index is 0.507. The highest BCUT2D eigenvalue weighted by Crippen LogP contribution is 2.15. The van der Waals surface area contributed by atoms with E-state index in [4.69, 9.17) is 0 Å². The molecule has 0 aliphatic rings. The molecular formula is C8H16F3NS. The summed E-state index contributed by atoms with van der Waals surface area (Å²) >= 11 is 4.02. The van der Waals surface area contributed by atoms with Crippen molar-refractivity contribution < 1.29 is 13.2 Å². The largest absolute Gasteiger partial charge is 0.401 e. The van der Waals surface area contributed by atoms with Crippen molar-refractivity contribution in [3.63, 3.8) is 0 Å². The predicted molar refractivity (Wildman–Crippen MR) is 51.3 cm³/mol. The Kier molecular flexibility index (Phi) is 6.59. The van der Waals surface area contributed by atoms with Gasteiger partial charge in [-0.15, -0.1) is 0 Å². The highest BCUT2D eigenvalue weighted by atomic mass is 32.1. The molecule has 0 aromatic carbocycles. The zero-order valence-corrected chi connectivity index (χ0v) is 8.67. The van der Waals surface area contributed by atoms with Crippen LogP contribution in [-0.4, -0.2) is 37.0 Å². The Bertz CT molecular complexity index is 127. The maximum atomic E-state index is 11.8. The van der Waals surface area contributed by atoms with Gasteiger partial charge in [-0.05, 0) is 32.2 Å². The Morgan fingerprint density at radius 1 is 1.15 bits per heavy atom. The van der Waals surface area contributed by atoms with Gasteiger partial charge in [0.15, 0.2) is 0 Å². The Labute approximate surface area is 82.7 Å². The van der Waals surface area contributed by atoms with Gasteiger partial charge in [0.1, 0.15) is 0 Å². The van der Waals surface area contributed by atoms with Crippen LogP contribution in [0.4, 0.5) is 13.2 Å². The van der Waals surface area contributed by atoms with E-state index in [0.717, 1.165) is 25.0 Å². The van der Waals surface area contributed by atoms with Crippen LogP contribution in [0.3, 0.4) is 0 Å². The van der Waals surface area contributed by atoms with Gasteiger partial charge >= 0.3 is 6.18 Å². The molecule has 0 amide bonds. The van der Waals surface area contributed by atoms with Gasteiger partial charge in [0.2, 0.25) is 0 Å². The summed E-state index contributed by atoms with van der Waals surface area (Å²) in [4.78, 5) is 1.30. The topological polar surface area (TPSA) is 3.24 Å². The first-order chi connectivity index (χ1) is 5.95. The summed E-state index contributed by atoms with van der Waals surface area (Å²) in [6.07, 6.45) is -1.33. The van der Waals surface area contributed by atoms with E-state index in [-0.39, 0.29) is 0 Å². The first kappa shape index (κ1) is 13.1. The maximum Gasteiger partial charge on any atom is 0.401 e. The lowest BCUT2D eigenvalue weighted by atomic mass is 10.2. The number of hydrogen-bond acceptors (Lipinski definition) is 2. The Balaban J connectivity index is 3.35. The van der Waals surface area contributed by atoms with Crippen molar-refractivity contribution in [2.75, 3.05) is 25.9 Å². The summed E-state index contributed by atoms with van der Waals surface area (Å²) in [6, 6.07) is 0. The number of nitrogens with zero attached hydrogens (tertiary/aromatic N) is 1. The highest BCUT2D eigenvalue weighted by molar-refractivity contribution is 7.80. The fourth-order valence-electron chi connectivity index (χ4n) is 1.06. The van der Waals surface area contributed by atoms with E-state index in [9.17, 15) is 13.2 Å². The summed E-state index contributed by atoms with van der Waals surface area (Å²) in [5.41, 5.74) is 0. The molecule has 0 heterocycles. The molecule has 0 saturated heterocycles. The van der Waals surface area contributed by atoms with Gasteiger partial charge in [0.25, 0.3) is 0 Å². The van der Waals surface area contributed by atoms with Crippen LogP contribution >= 0.6 is 12.6 Å². The van der Waals surface area contributed by atoms with Crippen LogP contribution in [0.5, 0.6) is 0 Å². The van der Waals surface area contributed by atoms with Crippen LogP contribution in [0.1, 0.15) is 19.3 Å². The fourth-order valence-corrected chi connectivity index (χ4v) is 1.28. The molecule has 5 heteroatoms. The van der Waals surface area contributed by atoms with Crippen molar-refractivity contribution >= 4 is 12.6 Å². The Hall–Kier alpha value is 0.100. The molecule has 0 aromatic heterocycles. The summed E-state index contributed by atoms with van der Waals surface area (Å²) in [7, 11) is 1.49. The zero-order chi connectivity index (χ0) is 10.3. The maximum absolute atomic E-state index is 11.8. The van der Waals surface area contributed by atoms with E-state index in [1.165, 1.54) is 11.9 Å². The summed E-state index contributed by atoms with van der Waals surface area (Å²) in [5.74, 6) is 0.809. The molecule has 0 atom stereocenters. The monoisotopic (exact) mass is 215 g/mol. The average Bonchev–Trinajstić information content (AvgIpc) is 1.94. The summed E-state index contributed by atoms with van der Waals surface area (Å²) in [5, 5.41) is 0. The lowest BCUT2D eigenvalue weighted by molar-refractivity contribution is -0.143. The van der Waals surface area contributed by atoms with E-state index >= 15 is 0 Å². The molecule has 0 spiro atoms. The third-order valence-electron chi connectivity index (χ3n) is 1.65. The van der Waals surface area contributed by atoms with Crippen LogP contribution in [0.2, 0.25) is 0 Å². The number of rotatable bonds is 6. The Morgan fingerprint density at radius 3 is 2.23 bits per heavy atom. The second-order valence-electron chi connectivity index (χ2n) is 3.14. The summed E-state index contributed by atoms with van der Waals surface area (Å²) in [6.45, 7) is -0.304. The van der Waals surface area contributed by atoms with Crippen molar-refractivity contribution in [1.29, 1.82) is 0 Å².